The molecule has 0 spiro atoms. The summed E-state index contributed by atoms with van der Waals surface area (Å²) in [5.74, 6) is -4.78. The summed E-state index contributed by atoms with van der Waals surface area (Å²) in [5, 5.41) is 8.64. The first kappa shape index (κ1) is 59.1. The third-order valence-corrected chi connectivity index (χ3v) is 14.8. The minimum Gasteiger partial charge on any atom is -0.344 e. The number of hydrogen-bond donors (Lipinski definition) is 3. The molecule has 2 fully saturated rings. The van der Waals surface area contributed by atoms with Crippen LogP contribution in [-0.2, 0) is 51.2 Å². The van der Waals surface area contributed by atoms with Gasteiger partial charge in [0.1, 0.15) is 17.9 Å². The Morgan fingerprint density at radius 1 is 0.625 bits per heavy atom. The van der Waals surface area contributed by atoms with E-state index in [0.29, 0.717) is 58.3 Å². The summed E-state index contributed by atoms with van der Waals surface area (Å²) in [6, 6.07) is 16.6. The fourth-order valence-corrected chi connectivity index (χ4v) is 9.71. The molecule has 8 atom stereocenters. The van der Waals surface area contributed by atoms with E-state index >= 15 is 0 Å². The van der Waals surface area contributed by atoms with Gasteiger partial charge in [-0.3, -0.25) is 38.4 Å². The number of nitrogens with zero attached hydrogens (tertiary/aromatic N) is 4. The molecule has 398 valence electrons. The fourth-order valence-electron chi connectivity index (χ4n) is 9.71. The van der Waals surface area contributed by atoms with Gasteiger partial charge < -0.3 is 35.6 Å². The van der Waals surface area contributed by atoms with Crippen molar-refractivity contribution in [2.75, 3.05) is 46.3 Å². The number of rotatable bonds is 25. The molecule has 6 amide bonds. The quantitative estimate of drug-likeness (QED) is 0.100. The van der Waals surface area contributed by atoms with Crippen molar-refractivity contribution >= 4 is 47.0 Å². The van der Waals surface area contributed by atoms with Gasteiger partial charge in [0.05, 0.1) is 6.04 Å². The van der Waals surface area contributed by atoms with Gasteiger partial charge in [0.2, 0.25) is 35.3 Å². The maximum atomic E-state index is 14.4. The first-order valence-corrected chi connectivity index (χ1v) is 26.5. The number of ketones is 2. The first-order chi connectivity index (χ1) is 33.9. The zero-order chi connectivity index (χ0) is 53.5. The van der Waals surface area contributed by atoms with Crippen molar-refractivity contribution in [1.82, 2.24) is 35.6 Å². The Morgan fingerprint density at radius 2 is 1.11 bits per heavy atom. The highest BCUT2D eigenvalue weighted by Crippen LogP contribution is 2.34. The predicted molar refractivity (Wildman–Crippen MR) is 281 cm³/mol. The molecule has 0 aromatic heterocycles. The van der Waals surface area contributed by atoms with Gasteiger partial charge in [-0.05, 0) is 87.8 Å². The maximum Gasteiger partial charge on any atom is 0.288 e. The lowest BCUT2D eigenvalue weighted by Crippen LogP contribution is -2.58. The number of carbonyl (C=O) groups is 8. The van der Waals surface area contributed by atoms with Gasteiger partial charge in [-0.25, -0.2) is 0 Å². The molecule has 0 saturated carbocycles. The van der Waals surface area contributed by atoms with Gasteiger partial charge in [-0.1, -0.05) is 123 Å². The topological polar surface area (TPSA) is 186 Å². The molecule has 0 bridgehead atoms. The third kappa shape index (κ3) is 16.8. The zero-order valence-electron chi connectivity index (χ0n) is 45.6. The van der Waals surface area contributed by atoms with Crippen molar-refractivity contribution in [2.24, 2.45) is 28.6 Å². The van der Waals surface area contributed by atoms with Crippen LogP contribution in [0, 0.1) is 28.6 Å². The van der Waals surface area contributed by atoms with E-state index in [9.17, 15) is 38.4 Å². The van der Waals surface area contributed by atoms with Crippen LogP contribution in [0.5, 0.6) is 0 Å². The van der Waals surface area contributed by atoms with Crippen LogP contribution in [0.1, 0.15) is 132 Å². The van der Waals surface area contributed by atoms with Crippen LogP contribution in [0.3, 0.4) is 0 Å². The summed E-state index contributed by atoms with van der Waals surface area (Å²) in [5.41, 5.74) is 0.958. The lowest BCUT2D eigenvalue weighted by atomic mass is 9.76. The largest absolute Gasteiger partial charge is 0.344 e. The Hall–Kier alpha value is -5.44. The van der Waals surface area contributed by atoms with Crippen molar-refractivity contribution in [2.45, 2.75) is 164 Å². The highest BCUT2D eigenvalue weighted by Gasteiger charge is 2.43. The molecule has 0 aliphatic carbocycles. The van der Waals surface area contributed by atoms with Gasteiger partial charge in [-0.2, -0.15) is 0 Å². The van der Waals surface area contributed by atoms with E-state index in [2.05, 4.69) is 16.0 Å². The average Bonchev–Trinajstić information content (AvgIpc) is 4.03. The molecule has 2 heterocycles. The molecule has 2 aliphatic heterocycles. The second-order valence-electron chi connectivity index (χ2n) is 22.6. The summed E-state index contributed by atoms with van der Waals surface area (Å²) in [6.07, 6.45) is 4.18. The number of Topliss-reactive ketones (excluding diaryl/α,β-unsaturated/α-hetero) is 2. The van der Waals surface area contributed by atoms with Gasteiger partial charge in [-0.15, -0.1) is 0 Å². The van der Waals surface area contributed by atoms with Crippen LogP contribution in [0.15, 0.2) is 60.7 Å². The Labute approximate surface area is 430 Å². The van der Waals surface area contributed by atoms with E-state index in [-0.39, 0.29) is 66.9 Å². The van der Waals surface area contributed by atoms with Crippen molar-refractivity contribution in [1.29, 1.82) is 0 Å². The summed E-state index contributed by atoms with van der Waals surface area (Å²) >= 11 is 0. The Bertz CT molecular complexity index is 2000. The smallest absolute Gasteiger partial charge is 0.288 e. The maximum absolute atomic E-state index is 14.4. The monoisotopic (exact) mass is 998 g/mol. The Kier molecular flexibility index (Phi) is 22.2. The molecule has 2 aliphatic rings. The van der Waals surface area contributed by atoms with Crippen LogP contribution in [0.25, 0.3) is 0 Å². The summed E-state index contributed by atoms with van der Waals surface area (Å²) in [6.45, 7) is 22.4. The van der Waals surface area contributed by atoms with Crippen LogP contribution in [0.2, 0.25) is 0 Å². The lowest BCUT2D eigenvalue weighted by molar-refractivity contribution is -0.145. The molecule has 2 saturated heterocycles. The normalized spacial score (nSPS) is 18.6. The highest BCUT2D eigenvalue weighted by atomic mass is 16.2. The van der Waals surface area contributed by atoms with E-state index in [1.165, 1.54) is 0 Å². The fraction of sp³-hybridized carbons (Fsp3) is 0.649. The number of likely N-dealkylation sites (N-methyl/N-ethyl adjacent to an activating group) is 1. The van der Waals surface area contributed by atoms with E-state index in [4.69, 9.17) is 0 Å². The highest BCUT2D eigenvalue weighted by molar-refractivity contribution is 6.36. The number of carbonyl (C=O) groups excluding carboxylic acids is 8. The number of nitrogens with one attached hydrogen (secondary N) is 3. The molecular formula is C57H87N7O8. The Balaban J connectivity index is 1.49. The van der Waals surface area contributed by atoms with Crippen LogP contribution >= 0.6 is 0 Å². The number of hydrogen-bond acceptors (Lipinski definition) is 9. The standard InChI is InChI=1S/C57H87N7O8/c1-13-38(2)50(67)60-49(57(9,10)11)55(72)64-31-21-27-45(64)36-61(32-28-42-22-16-14-17-23-42)52(69)39(3)34-48(66)51(68)59-41(5)53(70)62(33-29-43-24-18-15-19-25-43)37-44-26-20-30-63(44)54(71)46(56(6,7)8)35-47(65)40(4)58-12/h14-19,22-25,38-41,44-46,49,58H,13,20-21,26-37H2,1-12H3,(H,59,68)(H,60,67)/t38-,39+,40+,41-,44+,45+,46-,49-/m1/s1. The van der Waals surface area contributed by atoms with Gasteiger partial charge >= 0.3 is 0 Å². The minimum absolute atomic E-state index is 0.0427. The first-order valence-electron chi connectivity index (χ1n) is 26.5. The molecule has 2 aromatic carbocycles. The zero-order valence-corrected chi connectivity index (χ0v) is 45.6. The SMILES string of the molecule is CC[C@@H](C)C(=O)N[C@H](C(=O)N1CCC[C@H]1CN(CCc1ccccc1)C(=O)[C@@H](C)CC(=O)C(=O)N[C@H](C)C(=O)N(CCc1ccccc1)C[C@@H]1CCCN1C(=O)[C@@H](CC(=O)[C@H](C)NC)C(C)(C)C)C(C)(C)C. The van der Waals surface area contributed by atoms with Gasteiger partial charge in [0.25, 0.3) is 5.91 Å². The molecular weight excluding hydrogens is 911 g/mol. The number of benzene rings is 2. The molecule has 0 radical (unpaired) electrons. The summed E-state index contributed by atoms with van der Waals surface area (Å²) < 4.78 is 0. The van der Waals surface area contributed by atoms with Crippen molar-refractivity contribution < 1.29 is 38.4 Å². The van der Waals surface area contributed by atoms with Crippen LogP contribution < -0.4 is 16.0 Å². The molecule has 15 nitrogen and oxygen atoms in total. The second kappa shape index (κ2) is 27.0. The predicted octanol–water partition coefficient (Wildman–Crippen LogP) is 6.02. The molecule has 0 unspecified atom stereocenters. The van der Waals surface area contributed by atoms with Gasteiger partial charge in [0.15, 0.2) is 0 Å². The summed E-state index contributed by atoms with van der Waals surface area (Å²) in [4.78, 5) is 118. The molecule has 2 aromatic rings. The lowest BCUT2D eigenvalue weighted by Gasteiger charge is -2.38. The van der Waals surface area contributed by atoms with E-state index in [0.717, 1.165) is 24.0 Å². The number of amides is 6. The molecule has 15 heteroatoms. The van der Waals surface area contributed by atoms with Crippen LogP contribution in [-0.4, -0.2) is 143 Å². The second-order valence-corrected chi connectivity index (χ2v) is 22.6. The average molecular weight is 998 g/mol. The van der Waals surface area contributed by atoms with E-state index < -0.39 is 64.8 Å². The molecule has 72 heavy (non-hydrogen) atoms. The summed E-state index contributed by atoms with van der Waals surface area (Å²) in [7, 11) is 1.72. The van der Waals surface area contributed by atoms with Crippen LogP contribution in [0.4, 0.5) is 0 Å². The van der Waals surface area contributed by atoms with Gasteiger partial charge in [0, 0.05) is 81.9 Å². The van der Waals surface area contributed by atoms with Crippen molar-refractivity contribution in [3.05, 3.63) is 71.8 Å². The van der Waals surface area contributed by atoms with E-state index in [1.807, 2.05) is 121 Å². The Morgan fingerprint density at radius 3 is 1.57 bits per heavy atom. The minimum atomic E-state index is -1.10. The third-order valence-electron chi connectivity index (χ3n) is 14.8. The number of likely N-dealkylation sites (tertiary alicyclic amines) is 2. The van der Waals surface area contributed by atoms with Crippen molar-refractivity contribution in [3.63, 3.8) is 0 Å². The molecule has 4 rings (SSSR count). The molecule has 3 N–H and O–H groups in total. The van der Waals surface area contributed by atoms with E-state index in [1.54, 1.807) is 42.5 Å². The van der Waals surface area contributed by atoms with Crippen molar-refractivity contribution in [3.8, 4) is 0 Å².